The average molecular weight is 368 g/mol. The number of benzene rings is 1. The van der Waals surface area contributed by atoms with E-state index in [1.165, 1.54) is 23.1 Å². The van der Waals surface area contributed by atoms with Crippen LogP contribution in [0.1, 0.15) is 43.0 Å². The summed E-state index contributed by atoms with van der Waals surface area (Å²) in [6.07, 6.45) is -2.39. The highest BCUT2D eigenvalue weighted by atomic mass is 19.4. The number of likely N-dealkylation sites (tertiary alicyclic amines) is 1. The van der Waals surface area contributed by atoms with Crippen LogP contribution in [0.4, 0.5) is 23.7 Å². The van der Waals surface area contributed by atoms with Gasteiger partial charge in [-0.05, 0) is 25.0 Å². The van der Waals surface area contributed by atoms with Crippen LogP contribution in [0.3, 0.4) is 0 Å². The first-order valence-electron chi connectivity index (χ1n) is 8.43. The van der Waals surface area contributed by atoms with Crippen molar-refractivity contribution in [3.05, 3.63) is 41.5 Å². The van der Waals surface area contributed by atoms with Crippen LogP contribution in [-0.2, 0) is 12.6 Å². The van der Waals surface area contributed by atoms with Crippen molar-refractivity contribution >= 4 is 11.7 Å². The third-order valence-corrected chi connectivity index (χ3v) is 4.33. The van der Waals surface area contributed by atoms with Crippen LogP contribution < -0.4 is 5.32 Å². The molecule has 1 saturated heterocycles. The maximum Gasteiger partial charge on any atom is 0.418 e. The first-order chi connectivity index (χ1) is 12.4. The number of aromatic nitrogens is 2. The summed E-state index contributed by atoms with van der Waals surface area (Å²) in [5.41, 5.74) is -1.12. The molecule has 1 N–H and O–H groups in total. The minimum Gasteiger partial charge on any atom is -0.339 e. The van der Waals surface area contributed by atoms with Gasteiger partial charge in [0.1, 0.15) is 0 Å². The Morgan fingerprint density at radius 2 is 2.15 bits per heavy atom. The molecule has 2 aromatic rings. The van der Waals surface area contributed by atoms with Crippen molar-refractivity contribution in [3.8, 4) is 0 Å². The van der Waals surface area contributed by atoms with Gasteiger partial charge in [0.15, 0.2) is 5.82 Å². The quantitative estimate of drug-likeness (QED) is 0.887. The van der Waals surface area contributed by atoms with Crippen LogP contribution >= 0.6 is 0 Å². The lowest BCUT2D eigenvalue weighted by Crippen LogP contribution is -2.42. The number of anilines is 1. The molecule has 3 rings (SSSR count). The Labute approximate surface area is 148 Å². The van der Waals surface area contributed by atoms with E-state index in [4.69, 9.17) is 4.52 Å². The highest BCUT2D eigenvalue weighted by molar-refractivity contribution is 5.90. The van der Waals surface area contributed by atoms with Crippen molar-refractivity contribution in [2.75, 3.05) is 18.4 Å². The van der Waals surface area contributed by atoms with Gasteiger partial charge >= 0.3 is 12.2 Å². The molecule has 9 heteroatoms. The molecule has 1 aliphatic rings. The summed E-state index contributed by atoms with van der Waals surface area (Å²) < 4.78 is 44.3. The highest BCUT2D eigenvalue weighted by Crippen LogP contribution is 2.35. The Balaban J connectivity index is 1.70. The maximum absolute atomic E-state index is 13.1. The van der Waals surface area contributed by atoms with E-state index in [0.717, 1.165) is 18.9 Å². The molecule has 6 nitrogen and oxygen atoms in total. The standard InChI is InChI=1S/C17H19F3N4O2/c1-2-14-22-15(23-26-14)11-6-5-9-24(10-11)16(25)21-13-8-4-3-7-12(13)17(18,19)20/h3-4,7-8,11H,2,5-6,9-10H2,1H3,(H,21,25). The minimum atomic E-state index is -4.53. The SMILES string of the molecule is CCc1nc(C2CCCN(C(=O)Nc3ccccc3C(F)(F)F)C2)no1. The van der Waals surface area contributed by atoms with E-state index < -0.39 is 17.8 Å². The molecule has 1 unspecified atom stereocenters. The number of halogens is 3. The van der Waals surface area contributed by atoms with Gasteiger partial charge < -0.3 is 14.7 Å². The molecule has 0 spiro atoms. The number of nitrogens with one attached hydrogen (secondary N) is 1. The fraction of sp³-hybridized carbons (Fsp3) is 0.471. The predicted octanol–water partition coefficient (Wildman–Crippen LogP) is 4.06. The molecule has 1 atom stereocenters. The van der Waals surface area contributed by atoms with Crippen molar-refractivity contribution in [2.45, 2.75) is 38.3 Å². The average Bonchev–Trinajstić information content (AvgIpc) is 3.10. The van der Waals surface area contributed by atoms with E-state index in [2.05, 4.69) is 15.5 Å². The molecule has 2 heterocycles. The third kappa shape index (κ3) is 3.97. The van der Waals surface area contributed by atoms with Gasteiger partial charge in [-0.3, -0.25) is 0 Å². The molecule has 1 aromatic carbocycles. The van der Waals surface area contributed by atoms with Crippen LogP contribution in [0.5, 0.6) is 0 Å². The summed E-state index contributed by atoms with van der Waals surface area (Å²) in [6.45, 7) is 2.70. The Bertz CT molecular complexity index is 775. The number of amides is 2. The van der Waals surface area contributed by atoms with Crippen molar-refractivity contribution < 1.29 is 22.5 Å². The first kappa shape index (κ1) is 18.2. The summed E-state index contributed by atoms with van der Waals surface area (Å²) in [6, 6.07) is 4.37. The molecule has 0 radical (unpaired) electrons. The molecule has 1 aromatic heterocycles. The van der Waals surface area contributed by atoms with E-state index in [1.54, 1.807) is 0 Å². The van der Waals surface area contributed by atoms with Crippen molar-refractivity contribution in [3.63, 3.8) is 0 Å². The van der Waals surface area contributed by atoms with E-state index in [0.29, 0.717) is 31.2 Å². The van der Waals surface area contributed by atoms with Crippen LogP contribution in [0.25, 0.3) is 0 Å². The Hall–Kier alpha value is -2.58. The number of para-hydroxylation sites is 1. The van der Waals surface area contributed by atoms with Gasteiger partial charge in [-0.2, -0.15) is 18.2 Å². The van der Waals surface area contributed by atoms with Gasteiger partial charge in [-0.25, -0.2) is 4.79 Å². The first-order valence-corrected chi connectivity index (χ1v) is 8.43. The summed E-state index contributed by atoms with van der Waals surface area (Å²) in [5, 5.41) is 6.32. The van der Waals surface area contributed by atoms with Gasteiger partial charge in [0.2, 0.25) is 5.89 Å². The van der Waals surface area contributed by atoms with Gasteiger partial charge in [0.25, 0.3) is 0 Å². The Morgan fingerprint density at radius 3 is 2.85 bits per heavy atom. The predicted molar refractivity (Wildman–Crippen MR) is 87.7 cm³/mol. The van der Waals surface area contributed by atoms with Gasteiger partial charge in [0.05, 0.1) is 11.3 Å². The second kappa shape index (κ2) is 7.35. The number of aryl methyl sites for hydroxylation is 1. The normalized spacial score (nSPS) is 18.0. The lowest BCUT2D eigenvalue weighted by Gasteiger charge is -2.31. The fourth-order valence-corrected chi connectivity index (χ4v) is 2.98. The maximum atomic E-state index is 13.1. The molecule has 0 bridgehead atoms. The zero-order valence-electron chi connectivity index (χ0n) is 14.2. The highest BCUT2D eigenvalue weighted by Gasteiger charge is 2.34. The minimum absolute atomic E-state index is 0.0867. The second-order valence-electron chi connectivity index (χ2n) is 6.16. The lowest BCUT2D eigenvalue weighted by molar-refractivity contribution is -0.136. The number of hydrogen-bond acceptors (Lipinski definition) is 4. The van der Waals surface area contributed by atoms with E-state index in [-0.39, 0.29) is 11.6 Å². The molecule has 140 valence electrons. The van der Waals surface area contributed by atoms with E-state index in [1.807, 2.05) is 6.92 Å². The molecular formula is C17H19F3N4O2. The van der Waals surface area contributed by atoms with Gasteiger partial charge in [-0.15, -0.1) is 0 Å². The van der Waals surface area contributed by atoms with Crippen LogP contribution in [0.2, 0.25) is 0 Å². The number of urea groups is 1. The largest absolute Gasteiger partial charge is 0.418 e. The van der Waals surface area contributed by atoms with Gasteiger partial charge in [-0.1, -0.05) is 24.2 Å². The number of carbonyl (C=O) groups is 1. The molecule has 0 saturated carbocycles. The summed E-state index contributed by atoms with van der Waals surface area (Å²) in [5.74, 6) is 0.979. The summed E-state index contributed by atoms with van der Waals surface area (Å²) in [7, 11) is 0. The number of rotatable bonds is 3. The molecule has 0 aliphatic carbocycles. The van der Waals surface area contributed by atoms with E-state index >= 15 is 0 Å². The third-order valence-electron chi connectivity index (χ3n) is 4.33. The van der Waals surface area contributed by atoms with Crippen molar-refractivity contribution in [2.24, 2.45) is 0 Å². The summed E-state index contributed by atoms with van der Waals surface area (Å²) >= 11 is 0. The number of alkyl halides is 3. The zero-order valence-corrected chi connectivity index (χ0v) is 14.2. The van der Waals surface area contributed by atoms with E-state index in [9.17, 15) is 18.0 Å². The number of carbonyl (C=O) groups excluding carboxylic acids is 1. The second-order valence-corrected chi connectivity index (χ2v) is 6.16. The monoisotopic (exact) mass is 368 g/mol. The van der Waals surface area contributed by atoms with Crippen molar-refractivity contribution in [1.82, 2.24) is 15.0 Å². The van der Waals surface area contributed by atoms with Gasteiger partial charge in [0, 0.05) is 25.4 Å². The Kier molecular flexibility index (Phi) is 5.15. The molecular weight excluding hydrogens is 349 g/mol. The molecule has 1 fully saturated rings. The summed E-state index contributed by atoms with van der Waals surface area (Å²) in [4.78, 5) is 18.2. The fourth-order valence-electron chi connectivity index (χ4n) is 2.98. The number of hydrogen-bond donors (Lipinski definition) is 1. The smallest absolute Gasteiger partial charge is 0.339 e. The zero-order chi connectivity index (χ0) is 18.7. The van der Waals surface area contributed by atoms with Crippen LogP contribution in [0, 0.1) is 0 Å². The number of nitrogens with zero attached hydrogens (tertiary/aromatic N) is 3. The van der Waals surface area contributed by atoms with Crippen molar-refractivity contribution in [1.29, 1.82) is 0 Å². The lowest BCUT2D eigenvalue weighted by atomic mass is 9.97. The topological polar surface area (TPSA) is 71.3 Å². The molecule has 1 aliphatic heterocycles. The van der Waals surface area contributed by atoms with Crippen LogP contribution in [0.15, 0.2) is 28.8 Å². The molecule has 2 amide bonds. The van der Waals surface area contributed by atoms with Crippen LogP contribution in [-0.4, -0.2) is 34.2 Å². The molecule has 26 heavy (non-hydrogen) atoms. The Morgan fingerprint density at radius 1 is 1.38 bits per heavy atom. The number of piperidine rings is 1.